The molecule has 0 aliphatic carbocycles. The molecule has 0 aromatic carbocycles. The highest BCUT2D eigenvalue weighted by Crippen LogP contribution is 2.43. The molecule has 2 aliphatic heterocycles. The molecule has 0 radical (unpaired) electrons. The number of nitrogens with zero attached hydrogens (tertiary/aromatic N) is 1. The summed E-state index contributed by atoms with van der Waals surface area (Å²) in [6, 6.07) is 3.83. The lowest BCUT2D eigenvalue weighted by Gasteiger charge is -2.43. The first-order valence-corrected chi connectivity index (χ1v) is 7.19. The molecule has 5 heteroatoms. The molecule has 1 unspecified atom stereocenters. The number of hydrogen-bond acceptors (Lipinski definition) is 4. The van der Waals surface area contributed by atoms with Gasteiger partial charge in [0.25, 0.3) is 0 Å². The fourth-order valence-electron chi connectivity index (χ4n) is 3.57. The Morgan fingerprint density at radius 1 is 1.25 bits per heavy atom. The van der Waals surface area contributed by atoms with E-state index in [2.05, 4.69) is 15.6 Å². The molecular weight excluding hydrogens is 254 g/mol. The number of rotatable bonds is 2. The van der Waals surface area contributed by atoms with Crippen molar-refractivity contribution in [3.63, 3.8) is 0 Å². The number of nitrogens with one attached hydrogen (secondary N) is 2. The number of amides is 2. The van der Waals surface area contributed by atoms with Crippen molar-refractivity contribution in [1.29, 1.82) is 0 Å². The molecule has 0 bridgehead atoms. The van der Waals surface area contributed by atoms with Crippen molar-refractivity contribution in [1.82, 2.24) is 15.6 Å². The summed E-state index contributed by atoms with van der Waals surface area (Å²) in [5.74, 6) is -0.0434. The van der Waals surface area contributed by atoms with E-state index in [4.69, 9.17) is 0 Å². The maximum Gasteiger partial charge on any atom is 0.237 e. The van der Waals surface area contributed by atoms with Crippen LogP contribution in [0.3, 0.4) is 0 Å². The summed E-state index contributed by atoms with van der Waals surface area (Å²) in [5, 5.41) is 5.87. The van der Waals surface area contributed by atoms with Crippen LogP contribution in [0.2, 0.25) is 0 Å². The first-order chi connectivity index (χ1) is 9.73. The van der Waals surface area contributed by atoms with Crippen molar-refractivity contribution in [2.75, 3.05) is 13.1 Å². The van der Waals surface area contributed by atoms with E-state index in [1.165, 1.54) is 0 Å². The van der Waals surface area contributed by atoms with Crippen LogP contribution in [-0.2, 0) is 15.0 Å². The van der Waals surface area contributed by atoms with E-state index >= 15 is 0 Å². The third-order valence-electron chi connectivity index (χ3n) is 4.62. The molecule has 1 aromatic rings. The highest BCUT2D eigenvalue weighted by atomic mass is 16.2. The lowest BCUT2D eigenvalue weighted by molar-refractivity contribution is -0.140. The third kappa shape index (κ3) is 2.12. The Morgan fingerprint density at radius 3 is 2.70 bits per heavy atom. The number of pyridine rings is 1. The summed E-state index contributed by atoms with van der Waals surface area (Å²) >= 11 is 0. The molecule has 20 heavy (non-hydrogen) atoms. The van der Waals surface area contributed by atoms with E-state index in [1.807, 2.05) is 12.1 Å². The van der Waals surface area contributed by atoms with Gasteiger partial charge in [0, 0.05) is 18.8 Å². The average Bonchev–Trinajstić information content (AvgIpc) is 2.50. The van der Waals surface area contributed by atoms with Gasteiger partial charge in [-0.1, -0.05) is 6.07 Å². The minimum atomic E-state index is -0.593. The second kappa shape index (κ2) is 5.32. The molecule has 2 fully saturated rings. The van der Waals surface area contributed by atoms with Crippen molar-refractivity contribution in [3.8, 4) is 0 Å². The van der Waals surface area contributed by atoms with Crippen LogP contribution in [0.15, 0.2) is 24.5 Å². The Morgan fingerprint density at radius 2 is 2.05 bits per heavy atom. The van der Waals surface area contributed by atoms with Gasteiger partial charge in [0.05, 0.1) is 5.41 Å². The Balaban J connectivity index is 2.02. The smallest absolute Gasteiger partial charge is 0.237 e. The predicted octanol–water partition coefficient (Wildman–Crippen LogP) is 0.756. The van der Waals surface area contributed by atoms with E-state index in [9.17, 15) is 9.59 Å². The quantitative estimate of drug-likeness (QED) is 0.780. The summed E-state index contributed by atoms with van der Waals surface area (Å²) in [4.78, 5) is 28.3. The average molecular weight is 273 g/mol. The Labute approximate surface area is 118 Å². The second-order valence-corrected chi connectivity index (χ2v) is 5.61. The van der Waals surface area contributed by atoms with Crippen LogP contribution < -0.4 is 10.6 Å². The number of aromatic nitrogens is 1. The van der Waals surface area contributed by atoms with E-state index in [1.54, 1.807) is 12.4 Å². The van der Waals surface area contributed by atoms with Crippen molar-refractivity contribution >= 4 is 11.8 Å². The highest BCUT2D eigenvalue weighted by molar-refractivity contribution is 6.03. The van der Waals surface area contributed by atoms with E-state index in [0.29, 0.717) is 12.8 Å². The molecular formula is C15H19N3O2. The molecule has 2 amide bonds. The molecule has 106 valence electrons. The summed E-state index contributed by atoms with van der Waals surface area (Å²) in [5.41, 5.74) is 0.349. The zero-order valence-electron chi connectivity index (χ0n) is 11.4. The second-order valence-electron chi connectivity index (χ2n) is 5.61. The monoisotopic (exact) mass is 273 g/mol. The van der Waals surface area contributed by atoms with E-state index in [-0.39, 0.29) is 17.7 Å². The zero-order valence-corrected chi connectivity index (χ0v) is 11.4. The maximum atomic E-state index is 12.6. The fourth-order valence-corrected chi connectivity index (χ4v) is 3.57. The van der Waals surface area contributed by atoms with Crippen molar-refractivity contribution in [3.05, 3.63) is 30.1 Å². The molecule has 1 atom stereocenters. The number of hydrogen-bond donors (Lipinski definition) is 2. The minimum Gasteiger partial charge on any atom is -0.317 e. The summed E-state index contributed by atoms with van der Waals surface area (Å²) in [7, 11) is 0. The van der Waals surface area contributed by atoms with Gasteiger partial charge in [-0.05, 0) is 49.9 Å². The Bertz CT molecular complexity index is 511. The van der Waals surface area contributed by atoms with Gasteiger partial charge >= 0.3 is 0 Å². The standard InChI is InChI=1S/C15H19N3O2/c19-13-3-6-15(14(20)18-13,11-4-8-16-9-5-11)12-2-1-7-17-10-12/h1-2,7,10-11,16H,3-6,8-9H2,(H,18,19,20). The molecule has 5 nitrogen and oxygen atoms in total. The molecule has 1 aromatic heterocycles. The Hall–Kier alpha value is -1.75. The lowest BCUT2D eigenvalue weighted by atomic mass is 9.63. The van der Waals surface area contributed by atoms with E-state index in [0.717, 1.165) is 31.5 Å². The SMILES string of the molecule is O=C1CCC(c2cccnc2)(C2CCNCC2)C(=O)N1. The molecule has 0 spiro atoms. The Kier molecular flexibility index (Phi) is 3.53. The molecule has 2 saturated heterocycles. The molecule has 3 rings (SSSR count). The maximum absolute atomic E-state index is 12.6. The van der Waals surface area contributed by atoms with Crippen molar-refractivity contribution < 1.29 is 9.59 Å². The number of carbonyl (C=O) groups excluding carboxylic acids is 2. The van der Waals surface area contributed by atoms with Gasteiger partial charge in [-0.15, -0.1) is 0 Å². The van der Waals surface area contributed by atoms with Crippen LogP contribution in [0.4, 0.5) is 0 Å². The lowest BCUT2D eigenvalue weighted by Crippen LogP contribution is -2.57. The van der Waals surface area contributed by atoms with Gasteiger partial charge in [0.2, 0.25) is 11.8 Å². The topological polar surface area (TPSA) is 71.1 Å². The molecule has 2 N–H and O–H groups in total. The van der Waals surface area contributed by atoms with Gasteiger partial charge < -0.3 is 5.32 Å². The van der Waals surface area contributed by atoms with Gasteiger partial charge in [-0.25, -0.2) is 0 Å². The first kappa shape index (κ1) is 13.2. The largest absolute Gasteiger partial charge is 0.317 e. The minimum absolute atomic E-state index is 0.145. The summed E-state index contributed by atoms with van der Waals surface area (Å²) in [6.45, 7) is 1.85. The number of piperidine rings is 2. The normalized spacial score (nSPS) is 28.2. The van der Waals surface area contributed by atoms with Crippen LogP contribution in [0, 0.1) is 5.92 Å². The summed E-state index contributed by atoms with van der Waals surface area (Å²) < 4.78 is 0. The predicted molar refractivity (Wildman–Crippen MR) is 73.9 cm³/mol. The van der Waals surface area contributed by atoms with Crippen LogP contribution in [-0.4, -0.2) is 29.9 Å². The highest BCUT2D eigenvalue weighted by Gasteiger charge is 2.49. The van der Waals surface area contributed by atoms with Gasteiger partial charge in [0.1, 0.15) is 0 Å². The van der Waals surface area contributed by atoms with E-state index < -0.39 is 5.41 Å². The van der Waals surface area contributed by atoms with Crippen molar-refractivity contribution in [2.24, 2.45) is 5.92 Å². The molecule has 2 aliphatic rings. The summed E-state index contributed by atoms with van der Waals surface area (Å²) in [6.07, 6.45) is 6.40. The van der Waals surface area contributed by atoms with Gasteiger partial charge in [0.15, 0.2) is 0 Å². The van der Waals surface area contributed by atoms with Crippen LogP contribution >= 0.6 is 0 Å². The number of carbonyl (C=O) groups is 2. The van der Waals surface area contributed by atoms with Crippen LogP contribution in [0.5, 0.6) is 0 Å². The fraction of sp³-hybridized carbons (Fsp3) is 0.533. The third-order valence-corrected chi connectivity index (χ3v) is 4.62. The molecule has 0 saturated carbocycles. The van der Waals surface area contributed by atoms with Crippen molar-refractivity contribution in [2.45, 2.75) is 31.1 Å². The number of imide groups is 1. The molecule has 3 heterocycles. The first-order valence-electron chi connectivity index (χ1n) is 7.19. The van der Waals surface area contributed by atoms with Gasteiger partial charge in [-0.3, -0.25) is 19.9 Å². The van der Waals surface area contributed by atoms with Gasteiger partial charge in [-0.2, -0.15) is 0 Å². The van der Waals surface area contributed by atoms with Crippen LogP contribution in [0.1, 0.15) is 31.2 Å². The van der Waals surface area contributed by atoms with Crippen LogP contribution in [0.25, 0.3) is 0 Å². The zero-order chi connectivity index (χ0) is 14.0.